The number of hydrogen-bond donors (Lipinski definition) is 1. The molecule has 2 aromatic rings. The first kappa shape index (κ1) is 25.5. The number of hydrogen-bond acceptors (Lipinski definition) is 6. The molecule has 0 saturated heterocycles. The van der Waals surface area contributed by atoms with Crippen molar-refractivity contribution < 1.29 is 23.8 Å². The van der Waals surface area contributed by atoms with E-state index in [1.807, 2.05) is 64.1 Å². The van der Waals surface area contributed by atoms with Gasteiger partial charge in [0.15, 0.2) is 17.3 Å². The molecule has 190 valence electrons. The van der Waals surface area contributed by atoms with Crippen molar-refractivity contribution in [1.29, 1.82) is 0 Å². The summed E-state index contributed by atoms with van der Waals surface area (Å²) < 4.78 is 16.5. The molecule has 0 spiro atoms. The van der Waals surface area contributed by atoms with E-state index in [0.29, 0.717) is 42.1 Å². The summed E-state index contributed by atoms with van der Waals surface area (Å²) in [4.78, 5) is 27.1. The number of rotatable bonds is 7. The number of carbonyl (C=O) groups is 2. The lowest BCUT2D eigenvalue weighted by Gasteiger charge is -2.37. The minimum atomic E-state index is -0.459. The minimum Gasteiger partial charge on any atom is -0.493 e. The quantitative estimate of drug-likeness (QED) is 0.513. The maximum absolute atomic E-state index is 13.8. The topological polar surface area (TPSA) is 73.9 Å². The third kappa shape index (κ3) is 5.03. The molecule has 2 aromatic carbocycles. The highest BCUT2D eigenvalue weighted by molar-refractivity contribution is 6.04. The van der Waals surface area contributed by atoms with Crippen LogP contribution in [0.3, 0.4) is 0 Å². The van der Waals surface area contributed by atoms with Crippen LogP contribution in [-0.4, -0.2) is 32.6 Å². The Balaban J connectivity index is 1.75. The number of benzene rings is 2. The van der Waals surface area contributed by atoms with Crippen molar-refractivity contribution in [2.75, 3.05) is 20.8 Å². The highest BCUT2D eigenvalue weighted by Crippen LogP contribution is 2.46. The molecular weight excluding hydrogens is 454 g/mol. The second kappa shape index (κ2) is 10.6. The fourth-order valence-electron chi connectivity index (χ4n) is 5.16. The van der Waals surface area contributed by atoms with Crippen LogP contribution in [0.15, 0.2) is 65.0 Å². The number of aryl methyl sites for hydroxylation is 1. The minimum absolute atomic E-state index is 0.0102. The van der Waals surface area contributed by atoms with Gasteiger partial charge in [0, 0.05) is 29.3 Å². The molecule has 0 unspecified atom stereocenters. The fourth-order valence-corrected chi connectivity index (χ4v) is 5.16. The maximum Gasteiger partial charge on any atom is 0.336 e. The van der Waals surface area contributed by atoms with Crippen molar-refractivity contribution in [3.8, 4) is 11.5 Å². The predicted octanol–water partition coefficient (Wildman–Crippen LogP) is 5.57. The third-order valence-electron chi connectivity index (χ3n) is 6.85. The number of carbonyl (C=O) groups excluding carboxylic acids is 2. The number of allylic oxidation sites excluding steroid dienone is 3. The Labute approximate surface area is 213 Å². The van der Waals surface area contributed by atoms with E-state index >= 15 is 0 Å². The smallest absolute Gasteiger partial charge is 0.336 e. The van der Waals surface area contributed by atoms with E-state index in [-0.39, 0.29) is 23.6 Å². The van der Waals surface area contributed by atoms with Crippen molar-refractivity contribution in [2.24, 2.45) is 5.92 Å². The normalized spacial score (nSPS) is 19.7. The number of esters is 1. The lowest BCUT2D eigenvalue weighted by Crippen LogP contribution is -2.36. The Morgan fingerprint density at radius 2 is 1.75 bits per heavy atom. The number of ether oxygens (including phenoxy) is 3. The Morgan fingerprint density at radius 3 is 2.42 bits per heavy atom. The Kier molecular flexibility index (Phi) is 7.53. The first-order chi connectivity index (χ1) is 17.2. The van der Waals surface area contributed by atoms with Gasteiger partial charge in [-0.2, -0.15) is 0 Å². The van der Waals surface area contributed by atoms with E-state index in [4.69, 9.17) is 14.2 Å². The molecule has 1 N–H and O–H groups in total. The van der Waals surface area contributed by atoms with Crippen molar-refractivity contribution in [3.05, 3.63) is 81.7 Å². The highest BCUT2D eigenvalue weighted by atomic mass is 16.5. The van der Waals surface area contributed by atoms with Gasteiger partial charge in [0.1, 0.15) is 0 Å². The summed E-state index contributed by atoms with van der Waals surface area (Å²) in [5.41, 5.74) is 5.80. The molecule has 2 atom stereocenters. The van der Waals surface area contributed by atoms with Crippen molar-refractivity contribution in [1.82, 2.24) is 5.32 Å². The molecule has 4 rings (SSSR count). The molecule has 1 heterocycles. The second-order valence-corrected chi connectivity index (χ2v) is 10.0. The SMILES string of the molecule is COc1ccc([C@@H]2CC(=O)C3=C(C2)NC(C)=C(C(=O)OCC(C)C)[C@@H]3c2cccc(C)c2)cc1OC. The predicted molar refractivity (Wildman–Crippen MR) is 139 cm³/mol. The van der Waals surface area contributed by atoms with Gasteiger partial charge >= 0.3 is 5.97 Å². The fraction of sp³-hybridized carbons (Fsp3) is 0.400. The van der Waals surface area contributed by atoms with Gasteiger partial charge in [0.05, 0.1) is 26.4 Å². The van der Waals surface area contributed by atoms with Gasteiger partial charge < -0.3 is 19.5 Å². The molecule has 0 bridgehead atoms. The van der Waals surface area contributed by atoms with E-state index in [2.05, 4.69) is 11.4 Å². The lowest BCUT2D eigenvalue weighted by molar-refractivity contribution is -0.140. The van der Waals surface area contributed by atoms with Crippen LogP contribution in [0.4, 0.5) is 0 Å². The average molecular weight is 490 g/mol. The zero-order valence-corrected chi connectivity index (χ0v) is 21.9. The summed E-state index contributed by atoms with van der Waals surface area (Å²) in [6, 6.07) is 13.8. The molecule has 2 aliphatic rings. The standard InChI is InChI=1S/C30H35NO5/c1-17(2)16-36-30(33)27-19(4)31-23-13-22(20-10-11-25(34-5)26(15-20)35-6)14-24(32)29(23)28(27)21-9-7-8-18(3)12-21/h7-12,15,17,22,28,31H,13-14,16H2,1-6H3/t22-,28-/m0/s1. The van der Waals surface area contributed by atoms with Crippen molar-refractivity contribution in [2.45, 2.75) is 52.4 Å². The van der Waals surface area contributed by atoms with Crippen LogP contribution < -0.4 is 14.8 Å². The van der Waals surface area contributed by atoms with Crippen LogP contribution in [0.2, 0.25) is 0 Å². The second-order valence-electron chi connectivity index (χ2n) is 10.0. The van der Waals surface area contributed by atoms with Crippen LogP contribution >= 0.6 is 0 Å². The molecule has 0 fully saturated rings. The van der Waals surface area contributed by atoms with E-state index in [1.165, 1.54) is 0 Å². The summed E-state index contributed by atoms with van der Waals surface area (Å²) in [5, 5.41) is 3.41. The van der Waals surface area contributed by atoms with Gasteiger partial charge in [0.25, 0.3) is 0 Å². The zero-order valence-electron chi connectivity index (χ0n) is 21.9. The van der Waals surface area contributed by atoms with Crippen LogP contribution in [0.25, 0.3) is 0 Å². The molecule has 0 aromatic heterocycles. The van der Waals surface area contributed by atoms with E-state index in [1.54, 1.807) is 14.2 Å². The molecule has 36 heavy (non-hydrogen) atoms. The van der Waals surface area contributed by atoms with Crippen molar-refractivity contribution >= 4 is 11.8 Å². The maximum atomic E-state index is 13.8. The monoisotopic (exact) mass is 489 g/mol. The highest BCUT2D eigenvalue weighted by Gasteiger charge is 2.41. The molecular formula is C30H35NO5. The summed E-state index contributed by atoms with van der Waals surface area (Å²) in [5.74, 6) is 0.712. The molecule has 0 saturated carbocycles. The number of ketones is 1. The average Bonchev–Trinajstić information content (AvgIpc) is 2.85. The molecule has 1 aliphatic heterocycles. The summed E-state index contributed by atoms with van der Waals surface area (Å²) in [6.45, 7) is 8.25. The zero-order chi connectivity index (χ0) is 26.0. The first-order valence-electron chi connectivity index (χ1n) is 12.4. The molecule has 0 radical (unpaired) electrons. The van der Waals surface area contributed by atoms with Crippen LogP contribution in [0.5, 0.6) is 11.5 Å². The van der Waals surface area contributed by atoms with Gasteiger partial charge in [-0.1, -0.05) is 49.7 Å². The van der Waals surface area contributed by atoms with E-state index in [9.17, 15) is 9.59 Å². The van der Waals surface area contributed by atoms with Crippen LogP contribution in [-0.2, 0) is 14.3 Å². The molecule has 6 heteroatoms. The largest absolute Gasteiger partial charge is 0.493 e. The van der Waals surface area contributed by atoms with E-state index in [0.717, 1.165) is 28.1 Å². The number of nitrogens with one attached hydrogen (secondary N) is 1. The Bertz CT molecular complexity index is 1240. The number of methoxy groups -OCH3 is 2. The Morgan fingerprint density at radius 1 is 1.00 bits per heavy atom. The van der Waals surface area contributed by atoms with Crippen LogP contribution in [0.1, 0.15) is 62.1 Å². The first-order valence-corrected chi connectivity index (χ1v) is 12.4. The summed E-state index contributed by atoms with van der Waals surface area (Å²) in [6.07, 6.45) is 1.01. The Hall–Kier alpha value is -3.54. The van der Waals surface area contributed by atoms with Gasteiger partial charge in [-0.3, -0.25) is 4.79 Å². The van der Waals surface area contributed by atoms with Crippen LogP contribution in [0, 0.1) is 12.8 Å². The number of Topliss-reactive ketones (excluding diaryl/α,β-unsaturated/α-hetero) is 1. The van der Waals surface area contributed by atoms with Gasteiger partial charge in [-0.05, 0) is 55.4 Å². The molecule has 1 aliphatic carbocycles. The molecule has 6 nitrogen and oxygen atoms in total. The van der Waals surface area contributed by atoms with Crippen molar-refractivity contribution in [3.63, 3.8) is 0 Å². The third-order valence-corrected chi connectivity index (χ3v) is 6.85. The van der Waals surface area contributed by atoms with E-state index < -0.39 is 5.92 Å². The number of dihydropyridines is 1. The van der Waals surface area contributed by atoms with Gasteiger partial charge in [0.2, 0.25) is 0 Å². The molecule has 0 amide bonds. The van der Waals surface area contributed by atoms with Gasteiger partial charge in [-0.25, -0.2) is 4.79 Å². The summed E-state index contributed by atoms with van der Waals surface area (Å²) in [7, 11) is 3.21. The lowest BCUT2D eigenvalue weighted by atomic mass is 9.71. The van der Waals surface area contributed by atoms with Gasteiger partial charge in [-0.15, -0.1) is 0 Å². The summed E-state index contributed by atoms with van der Waals surface area (Å²) >= 11 is 0.